The molecule has 196 valence electrons. The maximum atomic E-state index is 15.5. The molecule has 38 heavy (non-hydrogen) atoms. The predicted octanol–water partition coefficient (Wildman–Crippen LogP) is 4.65. The summed E-state index contributed by atoms with van der Waals surface area (Å²) in [5, 5.41) is 16.5. The number of primary amides is 1. The molecule has 0 spiro atoms. The fraction of sp³-hybridized carbons (Fsp3) is 0.286. The zero-order valence-corrected chi connectivity index (χ0v) is 20.8. The molecule has 10 heteroatoms. The highest BCUT2D eigenvalue weighted by atomic mass is 19.1. The van der Waals surface area contributed by atoms with E-state index in [4.69, 9.17) is 5.73 Å². The molecule has 1 fully saturated rings. The van der Waals surface area contributed by atoms with E-state index in [-0.39, 0.29) is 33.5 Å². The van der Waals surface area contributed by atoms with Crippen LogP contribution in [0.1, 0.15) is 81.2 Å². The Balaban J connectivity index is 1.90. The van der Waals surface area contributed by atoms with Crippen LogP contribution in [0.5, 0.6) is 0 Å². The van der Waals surface area contributed by atoms with Gasteiger partial charge in [-0.1, -0.05) is 24.6 Å². The standard InChI is InChI=1S/C28H26F2N4O4/c1-13(16-11-32-33-12-16)34-14(2)21(28(37)38)24-18(9-10-20(30)25(24)27(34)36)22(15-5-3-6-15)17-7-4-8-19(29)23(17)26(31)35/h4,7-13,15,22H,3,5-6H2,1-2H3,(H2,31,35)(H,32,33)(H,37,38)/t13?,22-/m1/s1. The van der Waals surface area contributed by atoms with Crippen molar-refractivity contribution in [2.24, 2.45) is 11.7 Å². The van der Waals surface area contributed by atoms with Gasteiger partial charge in [0.25, 0.3) is 11.5 Å². The number of pyridine rings is 1. The number of carboxylic acid groups (broad SMARTS) is 1. The summed E-state index contributed by atoms with van der Waals surface area (Å²) < 4.78 is 31.5. The highest BCUT2D eigenvalue weighted by molar-refractivity contribution is 6.06. The lowest BCUT2D eigenvalue weighted by atomic mass is 9.68. The second kappa shape index (κ2) is 9.51. The number of carbonyl (C=O) groups is 2. The molecule has 1 amide bonds. The molecule has 1 aliphatic carbocycles. The number of hydrogen-bond acceptors (Lipinski definition) is 4. The number of carbonyl (C=O) groups excluding carboxylic acids is 1. The highest BCUT2D eigenvalue weighted by Gasteiger charge is 2.36. The van der Waals surface area contributed by atoms with E-state index in [9.17, 15) is 23.9 Å². The normalized spacial score (nSPS) is 15.3. The van der Waals surface area contributed by atoms with Crippen molar-refractivity contribution in [1.82, 2.24) is 14.8 Å². The largest absolute Gasteiger partial charge is 0.478 e. The first-order chi connectivity index (χ1) is 18.1. The number of nitrogens with zero attached hydrogens (tertiary/aromatic N) is 2. The third kappa shape index (κ3) is 3.87. The van der Waals surface area contributed by atoms with E-state index in [0.29, 0.717) is 16.7 Å². The zero-order valence-electron chi connectivity index (χ0n) is 20.8. The molecule has 0 saturated heterocycles. The molecule has 1 unspecified atom stereocenters. The molecule has 0 bridgehead atoms. The van der Waals surface area contributed by atoms with E-state index < -0.39 is 41.0 Å². The number of aromatic carboxylic acids is 1. The van der Waals surface area contributed by atoms with Gasteiger partial charge < -0.3 is 15.4 Å². The Morgan fingerprint density at radius 1 is 1.11 bits per heavy atom. The molecule has 2 heterocycles. The number of hydrogen-bond donors (Lipinski definition) is 3. The van der Waals surface area contributed by atoms with Gasteiger partial charge >= 0.3 is 5.97 Å². The van der Waals surface area contributed by atoms with Gasteiger partial charge in [0.15, 0.2) is 0 Å². The van der Waals surface area contributed by atoms with Crippen LogP contribution in [0.25, 0.3) is 10.8 Å². The van der Waals surface area contributed by atoms with Crippen molar-refractivity contribution in [3.05, 3.63) is 98.2 Å². The first kappa shape index (κ1) is 25.3. The van der Waals surface area contributed by atoms with E-state index in [1.54, 1.807) is 19.2 Å². The average Bonchev–Trinajstić information content (AvgIpc) is 3.36. The summed E-state index contributed by atoms with van der Waals surface area (Å²) in [5.41, 5.74) is 5.72. The van der Waals surface area contributed by atoms with Crippen LogP contribution in [-0.2, 0) is 0 Å². The smallest absolute Gasteiger partial charge is 0.338 e. The van der Waals surface area contributed by atoms with Crippen LogP contribution >= 0.6 is 0 Å². The summed E-state index contributed by atoms with van der Waals surface area (Å²) >= 11 is 0. The second-order valence-electron chi connectivity index (χ2n) is 9.77. The minimum atomic E-state index is -1.34. The number of fused-ring (bicyclic) bond motifs is 1. The Bertz CT molecular complexity index is 1640. The van der Waals surface area contributed by atoms with Gasteiger partial charge in [0.05, 0.1) is 28.8 Å². The molecule has 4 aromatic rings. The van der Waals surface area contributed by atoms with Crippen molar-refractivity contribution < 1.29 is 23.5 Å². The Morgan fingerprint density at radius 2 is 1.84 bits per heavy atom. The monoisotopic (exact) mass is 520 g/mol. The van der Waals surface area contributed by atoms with E-state index in [1.807, 2.05) is 0 Å². The lowest BCUT2D eigenvalue weighted by Crippen LogP contribution is -2.31. The van der Waals surface area contributed by atoms with Crippen LogP contribution in [0.3, 0.4) is 0 Å². The van der Waals surface area contributed by atoms with Gasteiger partial charge in [-0.3, -0.25) is 14.7 Å². The van der Waals surface area contributed by atoms with Crippen molar-refractivity contribution in [2.45, 2.75) is 45.1 Å². The van der Waals surface area contributed by atoms with Crippen LogP contribution in [0.4, 0.5) is 8.78 Å². The van der Waals surface area contributed by atoms with Crippen molar-refractivity contribution >= 4 is 22.6 Å². The van der Waals surface area contributed by atoms with Crippen molar-refractivity contribution in [3.63, 3.8) is 0 Å². The minimum absolute atomic E-state index is 0.0489. The molecular formula is C28H26F2N4O4. The summed E-state index contributed by atoms with van der Waals surface area (Å²) in [4.78, 5) is 38.9. The number of H-pyrrole nitrogens is 1. The number of benzene rings is 2. The van der Waals surface area contributed by atoms with Gasteiger partial charge in [-0.2, -0.15) is 5.10 Å². The summed E-state index contributed by atoms with van der Waals surface area (Å²) in [6.07, 6.45) is 5.44. The fourth-order valence-electron chi connectivity index (χ4n) is 5.78. The number of nitrogens with one attached hydrogen (secondary N) is 1. The van der Waals surface area contributed by atoms with Crippen LogP contribution in [0.2, 0.25) is 0 Å². The molecule has 0 radical (unpaired) electrons. The number of amides is 1. The molecule has 1 saturated carbocycles. The average molecular weight is 521 g/mol. The number of aromatic amines is 1. The highest BCUT2D eigenvalue weighted by Crippen LogP contribution is 2.47. The van der Waals surface area contributed by atoms with E-state index in [1.165, 1.54) is 29.8 Å². The lowest BCUT2D eigenvalue weighted by molar-refractivity contribution is 0.0696. The number of nitrogens with two attached hydrogens (primary N) is 1. The first-order valence-corrected chi connectivity index (χ1v) is 12.3. The maximum absolute atomic E-state index is 15.5. The Morgan fingerprint density at radius 3 is 2.42 bits per heavy atom. The fourth-order valence-corrected chi connectivity index (χ4v) is 5.78. The van der Waals surface area contributed by atoms with Crippen LogP contribution in [-0.4, -0.2) is 31.7 Å². The molecule has 1 aliphatic rings. The van der Waals surface area contributed by atoms with Crippen LogP contribution in [0.15, 0.2) is 47.5 Å². The second-order valence-corrected chi connectivity index (χ2v) is 9.77. The quantitative estimate of drug-likeness (QED) is 0.327. The molecule has 2 aromatic carbocycles. The molecule has 0 aliphatic heterocycles. The SMILES string of the molecule is Cc1c(C(=O)O)c2c([C@@H](c3cccc(F)c3C(N)=O)C3CCC3)ccc(F)c2c(=O)n1C(C)c1cn[nH]c1. The first-order valence-electron chi connectivity index (χ1n) is 12.3. The van der Waals surface area contributed by atoms with Crippen molar-refractivity contribution in [2.75, 3.05) is 0 Å². The van der Waals surface area contributed by atoms with Crippen molar-refractivity contribution in [1.29, 1.82) is 0 Å². The molecular weight excluding hydrogens is 494 g/mol. The van der Waals surface area contributed by atoms with Gasteiger partial charge in [0.2, 0.25) is 0 Å². The topological polar surface area (TPSA) is 131 Å². The van der Waals surface area contributed by atoms with E-state index in [0.717, 1.165) is 31.4 Å². The van der Waals surface area contributed by atoms with Gasteiger partial charge in [0, 0.05) is 28.8 Å². The molecule has 8 nitrogen and oxygen atoms in total. The maximum Gasteiger partial charge on any atom is 0.338 e. The zero-order chi connectivity index (χ0) is 27.3. The summed E-state index contributed by atoms with van der Waals surface area (Å²) in [5.74, 6) is -4.72. The minimum Gasteiger partial charge on any atom is -0.478 e. The van der Waals surface area contributed by atoms with Crippen LogP contribution < -0.4 is 11.3 Å². The Hall–Kier alpha value is -4.34. The molecule has 4 N–H and O–H groups in total. The number of rotatable bonds is 7. The third-order valence-corrected chi connectivity index (χ3v) is 7.78. The van der Waals surface area contributed by atoms with Gasteiger partial charge in [-0.25, -0.2) is 13.6 Å². The molecule has 2 aromatic heterocycles. The summed E-state index contributed by atoms with van der Waals surface area (Å²) in [7, 11) is 0. The van der Waals surface area contributed by atoms with Gasteiger partial charge in [0.1, 0.15) is 11.6 Å². The summed E-state index contributed by atoms with van der Waals surface area (Å²) in [6, 6.07) is 6.09. The Kier molecular flexibility index (Phi) is 6.34. The van der Waals surface area contributed by atoms with E-state index >= 15 is 4.39 Å². The lowest BCUT2D eigenvalue weighted by Gasteiger charge is -2.36. The number of carboxylic acids is 1. The summed E-state index contributed by atoms with van der Waals surface area (Å²) in [6.45, 7) is 3.20. The van der Waals surface area contributed by atoms with Crippen LogP contribution in [0, 0.1) is 24.5 Å². The van der Waals surface area contributed by atoms with Crippen molar-refractivity contribution in [3.8, 4) is 0 Å². The molecule has 2 atom stereocenters. The molecule has 5 rings (SSSR count). The predicted molar refractivity (Wildman–Crippen MR) is 136 cm³/mol. The van der Waals surface area contributed by atoms with Gasteiger partial charge in [-0.15, -0.1) is 0 Å². The Labute approximate surface area is 216 Å². The van der Waals surface area contributed by atoms with Gasteiger partial charge in [-0.05, 0) is 55.9 Å². The number of halogens is 2. The van der Waals surface area contributed by atoms with E-state index in [2.05, 4.69) is 10.2 Å². The third-order valence-electron chi connectivity index (χ3n) is 7.78. The number of aromatic nitrogens is 3.